The van der Waals surface area contributed by atoms with Crippen LogP contribution in [0.1, 0.15) is 22.5 Å². The second-order valence-electron chi connectivity index (χ2n) is 6.56. The van der Waals surface area contributed by atoms with Gasteiger partial charge >= 0.3 is 5.91 Å². The number of benzene rings is 2. The first-order valence-electron chi connectivity index (χ1n) is 9.06. The lowest BCUT2D eigenvalue weighted by atomic mass is 10.1. The van der Waals surface area contributed by atoms with E-state index < -0.39 is 11.8 Å². The van der Waals surface area contributed by atoms with E-state index in [1.807, 2.05) is 18.2 Å². The molecule has 0 aliphatic carbocycles. The summed E-state index contributed by atoms with van der Waals surface area (Å²) in [5.74, 6) is -0.842. The summed E-state index contributed by atoms with van der Waals surface area (Å²) in [4.78, 5) is 41.1. The van der Waals surface area contributed by atoms with Gasteiger partial charge in [0.05, 0.1) is 17.2 Å². The number of hydrazine groups is 1. The number of hydrogen-bond donors (Lipinski definition) is 2. The molecule has 0 unspecified atom stereocenters. The molecule has 0 saturated carbocycles. The zero-order valence-corrected chi connectivity index (χ0v) is 15.6. The molecule has 8 heteroatoms. The van der Waals surface area contributed by atoms with Crippen LogP contribution < -0.4 is 16.4 Å². The van der Waals surface area contributed by atoms with Gasteiger partial charge in [0, 0.05) is 23.9 Å². The number of aromatic nitrogens is 2. The van der Waals surface area contributed by atoms with Crippen molar-refractivity contribution >= 4 is 33.7 Å². The first-order valence-corrected chi connectivity index (χ1v) is 9.06. The lowest BCUT2D eigenvalue weighted by Gasteiger charge is -2.08. The molecule has 2 aromatic heterocycles. The fourth-order valence-electron chi connectivity index (χ4n) is 3.12. The molecule has 4 aromatic rings. The zero-order valence-electron chi connectivity index (χ0n) is 15.6. The molecule has 0 spiro atoms. The molecular weight excluding hydrogens is 372 g/mol. The summed E-state index contributed by atoms with van der Waals surface area (Å²) < 4.78 is 6.93. The Labute approximate surface area is 165 Å². The van der Waals surface area contributed by atoms with Gasteiger partial charge in [-0.3, -0.25) is 29.8 Å². The van der Waals surface area contributed by atoms with Crippen molar-refractivity contribution in [3.8, 4) is 0 Å². The number of amides is 2. The van der Waals surface area contributed by atoms with Crippen molar-refractivity contribution in [2.45, 2.75) is 19.9 Å². The molecule has 4 rings (SSSR count). The van der Waals surface area contributed by atoms with Crippen molar-refractivity contribution in [1.82, 2.24) is 20.4 Å². The molecule has 0 bridgehead atoms. The Balaban J connectivity index is 1.38. The van der Waals surface area contributed by atoms with Crippen LogP contribution in [0.15, 0.2) is 64.1 Å². The minimum Gasteiger partial charge on any atom is -0.451 e. The Morgan fingerprint density at radius 2 is 1.76 bits per heavy atom. The number of furan rings is 1. The molecule has 0 aliphatic heterocycles. The normalized spacial score (nSPS) is 10.9. The van der Waals surface area contributed by atoms with Gasteiger partial charge in [-0.05, 0) is 25.1 Å². The van der Waals surface area contributed by atoms with Crippen LogP contribution in [0.4, 0.5) is 0 Å². The lowest BCUT2D eigenvalue weighted by molar-refractivity contribution is -0.122. The predicted molar refractivity (Wildman–Crippen MR) is 107 cm³/mol. The maximum absolute atomic E-state index is 12.4. The van der Waals surface area contributed by atoms with Gasteiger partial charge in [0.15, 0.2) is 5.76 Å². The second kappa shape index (κ2) is 7.59. The average Bonchev–Trinajstić information content (AvgIpc) is 3.08. The quantitative estimate of drug-likeness (QED) is 0.520. The van der Waals surface area contributed by atoms with Crippen LogP contribution in [0.5, 0.6) is 0 Å². The van der Waals surface area contributed by atoms with Crippen molar-refractivity contribution in [3.63, 3.8) is 0 Å². The SMILES string of the molecule is Cc1c(C(=O)NNC(=O)CCn2cnc3ccccc3c2=O)oc2ccccc12. The highest BCUT2D eigenvalue weighted by molar-refractivity contribution is 5.99. The molecule has 2 amide bonds. The third kappa shape index (κ3) is 3.60. The number of nitrogens with one attached hydrogen (secondary N) is 2. The molecule has 0 fully saturated rings. The predicted octanol–water partition coefficient (Wildman–Crippen LogP) is 2.30. The smallest absolute Gasteiger partial charge is 0.305 e. The molecule has 0 aliphatic rings. The number of carbonyl (C=O) groups excluding carboxylic acids is 2. The summed E-state index contributed by atoms with van der Waals surface area (Å²) in [5, 5.41) is 1.33. The summed E-state index contributed by atoms with van der Waals surface area (Å²) in [7, 11) is 0. The van der Waals surface area contributed by atoms with Gasteiger partial charge in [-0.25, -0.2) is 4.98 Å². The van der Waals surface area contributed by atoms with Crippen molar-refractivity contribution in [2.75, 3.05) is 0 Å². The summed E-state index contributed by atoms with van der Waals surface area (Å²) >= 11 is 0. The summed E-state index contributed by atoms with van der Waals surface area (Å²) in [6.45, 7) is 1.92. The molecule has 0 radical (unpaired) electrons. The van der Waals surface area contributed by atoms with Gasteiger partial charge in [-0.2, -0.15) is 0 Å². The van der Waals surface area contributed by atoms with E-state index in [1.165, 1.54) is 10.9 Å². The Kier molecular flexibility index (Phi) is 4.82. The summed E-state index contributed by atoms with van der Waals surface area (Å²) in [6, 6.07) is 14.3. The lowest BCUT2D eigenvalue weighted by Crippen LogP contribution is -2.42. The third-order valence-corrected chi connectivity index (χ3v) is 4.68. The monoisotopic (exact) mass is 390 g/mol. The third-order valence-electron chi connectivity index (χ3n) is 4.68. The van der Waals surface area contributed by atoms with E-state index in [9.17, 15) is 14.4 Å². The Morgan fingerprint density at radius 1 is 1.03 bits per heavy atom. The summed E-state index contributed by atoms with van der Waals surface area (Å²) in [6.07, 6.45) is 1.41. The van der Waals surface area contributed by atoms with Crippen LogP contribution in [0.2, 0.25) is 0 Å². The van der Waals surface area contributed by atoms with E-state index in [1.54, 1.807) is 37.3 Å². The van der Waals surface area contributed by atoms with Crippen LogP contribution in [0.3, 0.4) is 0 Å². The number of para-hydroxylation sites is 2. The Morgan fingerprint density at radius 3 is 2.55 bits per heavy atom. The first kappa shape index (κ1) is 18.4. The maximum Gasteiger partial charge on any atom is 0.305 e. The number of nitrogens with zero attached hydrogens (tertiary/aromatic N) is 2. The van der Waals surface area contributed by atoms with Gasteiger partial charge in [0.2, 0.25) is 5.91 Å². The largest absolute Gasteiger partial charge is 0.451 e. The topological polar surface area (TPSA) is 106 Å². The van der Waals surface area contributed by atoms with Gasteiger partial charge in [0.1, 0.15) is 5.58 Å². The van der Waals surface area contributed by atoms with Gasteiger partial charge in [-0.15, -0.1) is 0 Å². The first-order chi connectivity index (χ1) is 14.0. The minimum atomic E-state index is -0.545. The van der Waals surface area contributed by atoms with E-state index in [4.69, 9.17) is 4.42 Å². The van der Waals surface area contributed by atoms with Crippen LogP contribution in [-0.4, -0.2) is 21.4 Å². The number of fused-ring (bicyclic) bond motifs is 2. The molecule has 0 saturated heterocycles. The highest BCUT2D eigenvalue weighted by Gasteiger charge is 2.17. The van der Waals surface area contributed by atoms with E-state index >= 15 is 0 Å². The van der Waals surface area contributed by atoms with Crippen molar-refractivity contribution in [3.05, 3.63) is 76.5 Å². The molecule has 0 atom stereocenters. The molecule has 2 aromatic carbocycles. The van der Waals surface area contributed by atoms with Crippen LogP contribution in [0.25, 0.3) is 21.9 Å². The van der Waals surface area contributed by atoms with E-state index in [0.717, 1.165) is 5.39 Å². The van der Waals surface area contributed by atoms with Gasteiger partial charge < -0.3 is 4.42 Å². The molecular formula is C21H18N4O4. The van der Waals surface area contributed by atoms with Gasteiger partial charge in [-0.1, -0.05) is 30.3 Å². The highest BCUT2D eigenvalue weighted by Crippen LogP contribution is 2.24. The molecule has 29 heavy (non-hydrogen) atoms. The zero-order chi connectivity index (χ0) is 20.4. The van der Waals surface area contributed by atoms with Crippen molar-refractivity contribution in [2.24, 2.45) is 0 Å². The van der Waals surface area contributed by atoms with Crippen LogP contribution >= 0.6 is 0 Å². The van der Waals surface area contributed by atoms with Crippen molar-refractivity contribution in [1.29, 1.82) is 0 Å². The van der Waals surface area contributed by atoms with Crippen LogP contribution in [0, 0.1) is 6.92 Å². The maximum atomic E-state index is 12.4. The van der Waals surface area contributed by atoms with Crippen molar-refractivity contribution < 1.29 is 14.0 Å². The summed E-state index contributed by atoms with van der Waals surface area (Å²) in [5.41, 5.74) is 6.37. The molecule has 8 nitrogen and oxygen atoms in total. The molecule has 146 valence electrons. The fraction of sp³-hybridized carbons (Fsp3) is 0.143. The minimum absolute atomic E-state index is 0.000675. The second-order valence-corrected chi connectivity index (χ2v) is 6.56. The Hall–Kier alpha value is -3.94. The standard InChI is InChI=1S/C21H18N4O4/c1-13-14-6-3-5-9-17(14)29-19(13)20(27)24-23-18(26)10-11-25-12-22-16-8-4-2-7-15(16)21(25)28/h2-9,12H,10-11H2,1H3,(H,23,26)(H,24,27). The molecule has 2 heterocycles. The number of rotatable bonds is 4. The Bertz CT molecular complexity index is 1290. The van der Waals surface area contributed by atoms with E-state index in [0.29, 0.717) is 22.0 Å². The van der Waals surface area contributed by atoms with Crippen LogP contribution in [-0.2, 0) is 11.3 Å². The van der Waals surface area contributed by atoms with Gasteiger partial charge in [0.25, 0.3) is 5.56 Å². The highest BCUT2D eigenvalue weighted by atomic mass is 16.3. The molecule has 2 N–H and O–H groups in total. The fourth-order valence-corrected chi connectivity index (χ4v) is 3.12. The van der Waals surface area contributed by atoms with E-state index in [-0.39, 0.29) is 24.3 Å². The number of aryl methyl sites for hydroxylation is 2. The average molecular weight is 390 g/mol. The van der Waals surface area contributed by atoms with E-state index in [2.05, 4.69) is 15.8 Å². The number of carbonyl (C=O) groups is 2. The number of hydrogen-bond acceptors (Lipinski definition) is 5.